The molecule has 0 aromatic heterocycles. The Morgan fingerprint density at radius 2 is 2.12 bits per heavy atom. The van der Waals surface area contributed by atoms with E-state index in [0.717, 1.165) is 12.8 Å². The van der Waals surface area contributed by atoms with Crippen molar-refractivity contribution in [2.75, 3.05) is 0 Å². The molecule has 0 bridgehead atoms. The average molecular weight is 235 g/mol. The van der Waals surface area contributed by atoms with E-state index in [1.807, 2.05) is 0 Å². The van der Waals surface area contributed by atoms with Crippen molar-refractivity contribution in [3.8, 4) is 0 Å². The molecule has 17 heavy (non-hydrogen) atoms. The molecule has 0 amide bonds. The SMILES string of the molecule is OC1CCC2N=C(c3ccccc3F)OC2C1. The lowest BCUT2D eigenvalue weighted by Crippen LogP contribution is -2.33. The molecule has 3 unspecified atom stereocenters. The van der Waals surface area contributed by atoms with Crippen LogP contribution in [0.1, 0.15) is 24.8 Å². The number of benzene rings is 1. The van der Waals surface area contributed by atoms with Gasteiger partial charge in [-0.05, 0) is 25.0 Å². The molecular formula is C13H14FNO2. The standard InChI is InChI=1S/C13H14FNO2/c14-10-4-2-1-3-9(10)13-15-11-6-5-8(16)7-12(11)17-13/h1-4,8,11-12,16H,5-7H2. The van der Waals surface area contributed by atoms with E-state index in [2.05, 4.69) is 4.99 Å². The lowest BCUT2D eigenvalue weighted by Gasteiger charge is -2.26. The highest BCUT2D eigenvalue weighted by Gasteiger charge is 2.37. The lowest BCUT2D eigenvalue weighted by atomic mass is 9.91. The average Bonchev–Trinajstić information content (AvgIpc) is 2.72. The maximum absolute atomic E-state index is 13.6. The molecule has 0 saturated heterocycles. The van der Waals surface area contributed by atoms with Gasteiger partial charge in [0.2, 0.25) is 5.90 Å². The molecule has 1 heterocycles. The Kier molecular flexibility index (Phi) is 2.59. The Bertz CT molecular complexity index is 460. The fraction of sp³-hybridized carbons (Fsp3) is 0.462. The second-order valence-corrected chi connectivity index (χ2v) is 4.60. The van der Waals surface area contributed by atoms with Crippen molar-refractivity contribution in [1.82, 2.24) is 0 Å². The molecule has 3 nitrogen and oxygen atoms in total. The smallest absolute Gasteiger partial charge is 0.219 e. The van der Waals surface area contributed by atoms with Crippen molar-refractivity contribution in [3.63, 3.8) is 0 Å². The number of aliphatic hydroxyl groups excluding tert-OH is 1. The first-order chi connectivity index (χ1) is 8.24. The normalized spacial score (nSPS) is 31.6. The Balaban J connectivity index is 1.85. The first-order valence-corrected chi connectivity index (χ1v) is 5.91. The molecule has 0 spiro atoms. The van der Waals surface area contributed by atoms with Gasteiger partial charge in [0.25, 0.3) is 0 Å². The minimum atomic E-state index is -0.314. The van der Waals surface area contributed by atoms with E-state index in [1.165, 1.54) is 6.07 Å². The van der Waals surface area contributed by atoms with Crippen LogP contribution in [-0.2, 0) is 4.74 Å². The molecule has 1 aliphatic carbocycles. The highest BCUT2D eigenvalue weighted by Crippen LogP contribution is 2.30. The van der Waals surface area contributed by atoms with Crippen LogP contribution in [0, 0.1) is 5.82 Å². The summed E-state index contributed by atoms with van der Waals surface area (Å²) in [4.78, 5) is 4.42. The molecule has 1 fully saturated rings. The van der Waals surface area contributed by atoms with Gasteiger partial charge in [-0.3, -0.25) is 0 Å². The van der Waals surface area contributed by atoms with Gasteiger partial charge in [-0.1, -0.05) is 12.1 Å². The Morgan fingerprint density at radius 3 is 2.94 bits per heavy atom. The van der Waals surface area contributed by atoms with Gasteiger partial charge in [-0.2, -0.15) is 0 Å². The summed E-state index contributed by atoms with van der Waals surface area (Å²) in [5.41, 5.74) is 0.413. The van der Waals surface area contributed by atoms with Crippen LogP contribution >= 0.6 is 0 Å². The van der Waals surface area contributed by atoms with Crippen molar-refractivity contribution in [1.29, 1.82) is 0 Å². The topological polar surface area (TPSA) is 41.8 Å². The maximum Gasteiger partial charge on any atom is 0.219 e. The third kappa shape index (κ3) is 1.93. The van der Waals surface area contributed by atoms with Gasteiger partial charge in [0.05, 0.1) is 17.7 Å². The van der Waals surface area contributed by atoms with Crippen molar-refractivity contribution in [2.24, 2.45) is 4.99 Å². The zero-order valence-corrected chi connectivity index (χ0v) is 9.34. The van der Waals surface area contributed by atoms with Gasteiger partial charge in [-0.25, -0.2) is 9.38 Å². The molecule has 1 saturated carbocycles. The van der Waals surface area contributed by atoms with E-state index in [1.54, 1.807) is 18.2 Å². The number of aliphatic imine (C=N–C) groups is 1. The lowest BCUT2D eigenvalue weighted by molar-refractivity contribution is 0.0506. The molecule has 2 aliphatic rings. The quantitative estimate of drug-likeness (QED) is 0.807. The molecule has 3 rings (SSSR count). The van der Waals surface area contributed by atoms with E-state index in [-0.39, 0.29) is 24.1 Å². The number of hydrogen-bond acceptors (Lipinski definition) is 3. The third-order valence-corrected chi connectivity index (χ3v) is 3.38. The number of ether oxygens (including phenoxy) is 1. The molecule has 3 atom stereocenters. The number of aliphatic hydroxyl groups is 1. The van der Waals surface area contributed by atoms with Crippen LogP contribution < -0.4 is 0 Å². The molecule has 1 aromatic carbocycles. The monoisotopic (exact) mass is 235 g/mol. The summed E-state index contributed by atoms with van der Waals surface area (Å²) >= 11 is 0. The van der Waals surface area contributed by atoms with Gasteiger partial charge in [0, 0.05) is 6.42 Å². The van der Waals surface area contributed by atoms with E-state index in [4.69, 9.17) is 4.74 Å². The molecule has 1 aliphatic heterocycles. The number of fused-ring (bicyclic) bond motifs is 1. The van der Waals surface area contributed by atoms with Gasteiger partial charge < -0.3 is 9.84 Å². The number of rotatable bonds is 1. The van der Waals surface area contributed by atoms with Crippen molar-refractivity contribution < 1.29 is 14.2 Å². The number of hydrogen-bond donors (Lipinski definition) is 1. The van der Waals surface area contributed by atoms with E-state index in [9.17, 15) is 9.50 Å². The minimum Gasteiger partial charge on any atom is -0.472 e. The van der Waals surface area contributed by atoms with Crippen LogP contribution in [0.5, 0.6) is 0 Å². The zero-order chi connectivity index (χ0) is 11.8. The summed E-state index contributed by atoms with van der Waals surface area (Å²) in [6.07, 6.45) is 1.74. The van der Waals surface area contributed by atoms with Gasteiger partial charge in [0.1, 0.15) is 11.9 Å². The fourth-order valence-electron chi connectivity index (χ4n) is 2.46. The Morgan fingerprint density at radius 1 is 1.29 bits per heavy atom. The second kappa shape index (κ2) is 4.11. The zero-order valence-electron chi connectivity index (χ0n) is 9.34. The van der Waals surface area contributed by atoms with Crippen LogP contribution in [0.15, 0.2) is 29.3 Å². The van der Waals surface area contributed by atoms with Crippen molar-refractivity contribution in [2.45, 2.75) is 37.5 Å². The summed E-state index contributed by atoms with van der Waals surface area (Å²) < 4.78 is 19.2. The van der Waals surface area contributed by atoms with Crippen LogP contribution in [0.25, 0.3) is 0 Å². The third-order valence-electron chi connectivity index (χ3n) is 3.38. The van der Waals surface area contributed by atoms with E-state index < -0.39 is 0 Å². The molecule has 1 aromatic rings. The first-order valence-electron chi connectivity index (χ1n) is 5.91. The Labute approximate surface area is 98.9 Å². The van der Waals surface area contributed by atoms with Gasteiger partial charge >= 0.3 is 0 Å². The molecule has 0 radical (unpaired) electrons. The summed E-state index contributed by atoms with van der Waals surface area (Å²) in [7, 11) is 0. The predicted molar refractivity (Wildman–Crippen MR) is 61.5 cm³/mol. The minimum absolute atomic E-state index is 0.0769. The van der Waals surface area contributed by atoms with E-state index in [0.29, 0.717) is 17.9 Å². The number of nitrogens with zero attached hydrogens (tertiary/aromatic N) is 1. The molecule has 4 heteroatoms. The Hall–Kier alpha value is -1.42. The van der Waals surface area contributed by atoms with Crippen molar-refractivity contribution >= 4 is 5.90 Å². The van der Waals surface area contributed by atoms with Gasteiger partial charge in [0.15, 0.2) is 0 Å². The largest absolute Gasteiger partial charge is 0.472 e. The molecular weight excluding hydrogens is 221 g/mol. The molecule has 1 N–H and O–H groups in total. The first kappa shape index (κ1) is 10.7. The van der Waals surface area contributed by atoms with Crippen LogP contribution in [0.4, 0.5) is 4.39 Å². The molecule has 90 valence electrons. The van der Waals surface area contributed by atoms with E-state index >= 15 is 0 Å². The maximum atomic E-state index is 13.6. The van der Waals surface area contributed by atoms with Crippen LogP contribution in [-0.4, -0.2) is 29.3 Å². The highest BCUT2D eigenvalue weighted by molar-refractivity contribution is 5.95. The van der Waals surface area contributed by atoms with Crippen LogP contribution in [0.3, 0.4) is 0 Å². The number of halogens is 1. The highest BCUT2D eigenvalue weighted by atomic mass is 19.1. The summed E-state index contributed by atoms with van der Waals surface area (Å²) in [5, 5.41) is 9.56. The summed E-state index contributed by atoms with van der Waals surface area (Å²) in [6.45, 7) is 0. The second-order valence-electron chi connectivity index (χ2n) is 4.60. The summed E-state index contributed by atoms with van der Waals surface area (Å²) in [5.74, 6) is 0.0673. The fourth-order valence-corrected chi connectivity index (χ4v) is 2.46. The van der Waals surface area contributed by atoms with Gasteiger partial charge in [-0.15, -0.1) is 0 Å². The van der Waals surface area contributed by atoms with Crippen molar-refractivity contribution in [3.05, 3.63) is 35.6 Å². The summed E-state index contributed by atoms with van der Waals surface area (Å²) in [6, 6.07) is 6.56. The predicted octanol–water partition coefficient (Wildman–Crippen LogP) is 1.88. The van der Waals surface area contributed by atoms with Crippen LogP contribution in [0.2, 0.25) is 0 Å².